The molecule has 1 heterocycles. The average Bonchev–Trinajstić information content (AvgIpc) is 4.01. The minimum atomic E-state index is -0.258. The Bertz CT molecular complexity index is 4110. The number of anilines is 6. The highest BCUT2D eigenvalue weighted by Crippen LogP contribution is 2.54. The van der Waals surface area contributed by atoms with Crippen LogP contribution in [0.1, 0.15) is 49.9 Å². The highest BCUT2D eigenvalue weighted by molar-refractivity contribution is 6.10. The summed E-state index contributed by atoms with van der Waals surface area (Å²) in [6, 6.07) is 96.2. The maximum atomic E-state index is 2.46. The first-order valence-corrected chi connectivity index (χ1v) is 26.2. The van der Waals surface area contributed by atoms with Gasteiger partial charge in [0.2, 0.25) is 0 Å². The summed E-state index contributed by atoms with van der Waals surface area (Å²) in [4.78, 5) is 4.79. The van der Waals surface area contributed by atoms with Gasteiger partial charge in [-0.3, -0.25) is 0 Å². The fourth-order valence-electron chi connectivity index (χ4n) is 12.5. The van der Waals surface area contributed by atoms with Crippen molar-refractivity contribution in [1.29, 1.82) is 0 Å². The van der Waals surface area contributed by atoms with Crippen LogP contribution < -0.4 is 9.80 Å². The summed E-state index contributed by atoms with van der Waals surface area (Å²) in [5, 5.41) is 2.51. The molecule has 3 heteroatoms. The third-order valence-corrected chi connectivity index (χ3v) is 16.4. The van der Waals surface area contributed by atoms with E-state index in [-0.39, 0.29) is 10.8 Å². The minimum Gasteiger partial charge on any atom is -0.311 e. The van der Waals surface area contributed by atoms with Crippen molar-refractivity contribution in [3.05, 3.63) is 283 Å². The van der Waals surface area contributed by atoms with Crippen LogP contribution in [0.3, 0.4) is 0 Å². The Labute approximate surface area is 439 Å². The number of hydrogen-bond donors (Lipinski definition) is 0. The third-order valence-electron chi connectivity index (χ3n) is 16.4. The Morgan fingerprint density at radius 2 is 0.667 bits per heavy atom. The van der Waals surface area contributed by atoms with Crippen molar-refractivity contribution < 1.29 is 0 Å². The molecule has 0 bridgehead atoms. The molecule has 0 spiro atoms. The lowest BCUT2D eigenvalue weighted by atomic mass is 9.81. The molecule has 11 aromatic carbocycles. The maximum absolute atomic E-state index is 2.46. The van der Waals surface area contributed by atoms with Crippen molar-refractivity contribution in [3.63, 3.8) is 0 Å². The van der Waals surface area contributed by atoms with E-state index in [0.717, 1.165) is 39.8 Å². The lowest BCUT2D eigenvalue weighted by Crippen LogP contribution is -2.18. The molecule has 75 heavy (non-hydrogen) atoms. The summed E-state index contributed by atoms with van der Waals surface area (Å²) in [5.41, 5.74) is 25.4. The van der Waals surface area contributed by atoms with Crippen molar-refractivity contribution in [3.8, 4) is 50.2 Å². The zero-order chi connectivity index (χ0) is 50.4. The monoisotopic (exact) mass is 961 g/mol. The van der Waals surface area contributed by atoms with Gasteiger partial charge in [0.1, 0.15) is 0 Å². The summed E-state index contributed by atoms with van der Waals surface area (Å²) in [5.74, 6) is 0. The predicted octanol–water partition coefficient (Wildman–Crippen LogP) is 19.7. The van der Waals surface area contributed by atoms with E-state index >= 15 is 0 Å². The molecule has 12 aromatic rings. The fourth-order valence-corrected chi connectivity index (χ4v) is 12.5. The van der Waals surface area contributed by atoms with Crippen LogP contribution in [0.4, 0.5) is 34.1 Å². The summed E-state index contributed by atoms with van der Waals surface area (Å²) in [7, 11) is 0. The van der Waals surface area contributed by atoms with Gasteiger partial charge in [0.15, 0.2) is 0 Å². The third kappa shape index (κ3) is 7.17. The second-order valence-corrected chi connectivity index (χ2v) is 21.4. The number of nitrogens with zero attached hydrogens (tertiary/aromatic N) is 3. The van der Waals surface area contributed by atoms with Crippen LogP contribution in [-0.2, 0) is 10.8 Å². The molecule has 0 saturated heterocycles. The summed E-state index contributed by atoms with van der Waals surface area (Å²) < 4.78 is 2.41. The van der Waals surface area contributed by atoms with E-state index in [1.165, 1.54) is 88.6 Å². The molecular weight excluding hydrogens is 907 g/mol. The maximum Gasteiger partial charge on any atom is 0.0541 e. The SMILES string of the molecule is CC1(C)c2ccccc2-c2ccc(N(c3ccc(N(c4ccccc4)c4ccccc4)cc3)c3ccc4c(c3)C(C)(C)c3cc(-c5ccc6c(c5)c5ccccc5n6-c5ccc(-c6ccccc6)cc5)ccc3-4)cc21. The first kappa shape index (κ1) is 44.5. The molecule has 0 radical (unpaired) electrons. The molecule has 14 rings (SSSR count). The van der Waals surface area contributed by atoms with Crippen LogP contribution in [0.25, 0.3) is 72.0 Å². The van der Waals surface area contributed by atoms with Crippen molar-refractivity contribution in [2.24, 2.45) is 0 Å². The number of fused-ring (bicyclic) bond motifs is 9. The summed E-state index contributed by atoms with van der Waals surface area (Å²) in [6.45, 7) is 9.55. The van der Waals surface area contributed by atoms with E-state index in [2.05, 4.69) is 303 Å². The van der Waals surface area contributed by atoms with Crippen LogP contribution >= 0.6 is 0 Å². The number of rotatable bonds is 9. The molecular formula is C72H55N3. The molecule has 2 aliphatic rings. The average molecular weight is 962 g/mol. The molecule has 0 amide bonds. The Morgan fingerprint density at radius 3 is 1.29 bits per heavy atom. The minimum absolute atomic E-state index is 0.140. The molecule has 3 nitrogen and oxygen atoms in total. The van der Waals surface area contributed by atoms with Gasteiger partial charge in [-0.15, -0.1) is 0 Å². The van der Waals surface area contributed by atoms with Crippen LogP contribution in [0.2, 0.25) is 0 Å². The summed E-state index contributed by atoms with van der Waals surface area (Å²) in [6.07, 6.45) is 0. The number of para-hydroxylation sites is 3. The van der Waals surface area contributed by atoms with Gasteiger partial charge in [-0.2, -0.15) is 0 Å². The van der Waals surface area contributed by atoms with E-state index in [9.17, 15) is 0 Å². The molecule has 0 aliphatic heterocycles. The number of hydrogen-bond acceptors (Lipinski definition) is 2. The first-order valence-electron chi connectivity index (χ1n) is 26.2. The van der Waals surface area contributed by atoms with Gasteiger partial charge in [0.05, 0.1) is 11.0 Å². The lowest BCUT2D eigenvalue weighted by Gasteiger charge is -2.30. The van der Waals surface area contributed by atoms with Gasteiger partial charge in [-0.05, 0) is 176 Å². The van der Waals surface area contributed by atoms with Crippen LogP contribution in [0.15, 0.2) is 261 Å². The van der Waals surface area contributed by atoms with Crippen molar-refractivity contribution in [2.45, 2.75) is 38.5 Å². The highest BCUT2D eigenvalue weighted by Gasteiger charge is 2.38. The van der Waals surface area contributed by atoms with Crippen molar-refractivity contribution in [2.75, 3.05) is 9.80 Å². The number of benzene rings is 11. The van der Waals surface area contributed by atoms with Crippen LogP contribution in [0.5, 0.6) is 0 Å². The van der Waals surface area contributed by atoms with Crippen molar-refractivity contribution in [1.82, 2.24) is 4.57 Å². The Hall–Kier alpha value is -9.18. The zero-order valence-corrected chi connectivity index (χ0v) is 42.7. The van der Waals surface area contributed by atoms with Gasteiger partial charge < -0.3 is 14.4 Å². The van der Waals surface area contributed by atoms with Gasteiger partial charge >= 0.3 is 0 Å². The highest BCUT2D eigenvalue weighted by atomic mass is 15.2. The standard InChI is InChI=1S/C72H55N3/c1-71(2)65-26-16-14-24-59(65)61-41-38-57(46-67(61)71)74(55-36-34-54(35-37-55)73(52-20-10-6-11-21-52)53-22-12-7-13-23-53)58-39-42-62-60-40-30-51(45-66(60)72(3,4)68(62)47-58)50-31-43-70-64(44-50)63-25-15-17-27-69(63)75(70)56-32-28-49(29-33-56)48-18-8-5-9-19-48/h5-47H,1-4H3. The normalized spacial score (nSPS) is 13.5. The molecule has 358 valence electrons. The number of aromatic nitrogens is 1. The molecule has 0 N–H and O–H groups in total. The Kier molecular flexibility index (Phi) is 10.2. The predicted molar refractivity (Wildman–Crippen MR) is 316 cm³/mol. The molecule has 0 atom stereocenters. The molecule has 0 unspecified atom stereocenters. The molecule has 0 fully saturated rings. The van der Waals surface area contributed by atoms with Gasteiger partial charge in [0.25, 0.3) is 0 Å². The second-order valence-electron chi connectivity index (χ2n) is 21.4. The largest absolute Gasteiger partial charge is 0.311 e. The van der Waals surface area contributed by atoms with Gasteiger partial charge in [0, 0.05) is 61.4 Å². The fraction of sp³-hybridized carbons (Fsp3) is 0.0833. The lowest BCUT2D eigenvalue weighted by molar-refractivity contribution is 0.660. The molecule has 1 aromatic heterocycles. The molecule has 0 saturated carbocycles. The zero-order valence-electron chi connectivity index (χ0n) is 42.7. The van der Waals surface area contributed by atoms with E-state index < -0.39 is 0 Å². The quantitative estimate of drug-likeness (QED) is 0.143. The van der Waals surface area contributed by atoms with Crippen LogP contribution in [0, 0.1) is 0 Å². The van der Waals surface area contributed by atoms with E-state index in [1.807, 2.05) is 0 Å². The van der Waals surface area contributed by atoms with E-state index in [0.29, 0.717) is 0 Å². The Morgan fingerprint density at radius 1 is 0.267 bits per heavy atom. The van der Waals surface area contributed by atoms with Gasteiger partial charge in [-0.25, -0.2) is 0 Å². The molecule has 2 aliphatic carbocycles. The van der Waals surface area contributed by atoms with Gasteiger partial charge in [-0.1, -0.05) is 179 Å². The smallest absolute Gasteiger partial charge is 0.0541 e. The van der Waals surface area contributed by atoms with E-state index in [1.54, 1.807) is 0 Å². The first-order chi connectivity index (χ1) is 36.7. The topological polar surface area (TPSA) is 11.4 Å². The van der Waals surface area contributed by atoms with Crippen molar-refractivity contribution >= 4 is 55.9 Å². The summed E-state index contributed by atoms with van der Waals surface area (Å²) >= 11 is 0. The van der Waals surface area contributed by atoms with E-state index in [4.69, 9.17) is 0 Å². The van der Waals surface area contributed by atoms with Crippen LogP contribution in [-0.4, -0.2) is 4.57 Å². The Balaban J connectivity index is 0.846. The second kappa shape index (κ2) is 17.2.